The van der Waals surface area contributed by atoms with Gasteiger partial charge in [-0.2, -0.15) is 0 Å². The van der Waals surface area contributed by atoms with Crippen molar-refractivity contribution < 1.29 is 4.79 Å². The first-order valence-corrected chi connectivity index (χ1v) is 6.58. The van der Waals surface area contributed by atoms with Crippen LogP contribution in [0.1, 0.15) is 25.3 Å². The maximum absolute atomic E-state index is 11.9. The quantitative estimate of drug-likeness (QED) is 0.736. The Bertz CT molecular complexity index is 608. The summed E-state index contributed by atoms with van der Waals surface area (Å²) in [7, 11) is 0. The molecule has 0 fully saturated rings. The highest BCUT2D eigenvalue weighted by Crippen LogP contribution is 2.19. The molecule has 4 nitrogen and oxygen atoms in total. The van der Waals surface area contributed by atoms with Crippen molar-refractivity contribution in [1.29, 1.82) is 0 Å². The molecule has 2 rings (SSSR count). The molecule has 20 heavy (non-hydrogen) atoms. The summed E-state index contributed by atoms with van der Waals surface area (Å²) in [6, 6.07) is 14.6. The number of anilines is 3. The number of nitrogens with two attached hydrogens (primary N) is 1. The fourth-order valence-electron chi connectivity index (χ4n) is 1.89. The van der Waals surface area contributed by atoms with Gasteiger partial charge in [-0.15, -0.1) is 0 Å². The fourth-order valence-corrected chi connectivity index (χ4v) is 1.89. The fraction of sp³-hybridized carbons (Fsp3) is 0.188. The SMILES string of the molecule is CC(C)c1cccc(NC(=O)Nc2cccc(N)c2)c1. The van der Waals surface area contributed by atoms with Gasteiger partial charge in [-0.05, 0) is 41.8 Å². The van der Waals surface area contributed by atoms with Crippen LogP contribution in [0.15, 0.2) is 48.5 Å². The van der Waals surface area contributed by atoms with Gasteiger partial charge in [0.25, 0.3) is 0 Å². The Balaban J connectivity index is 2.03. The van der Waals surface area contributed by atoms with E-state index in [-0.39, 0.29) is 6.03 Å². The van der Waals surface area contributed by atoms with Crippen LogP contribution in [-0.2, 0) is 0 Å². The number of carbonyl (C=O) groups is 1. The van der Waals surface area contributed by atoms with Crippen LogP contribution in [0.2, 0.25) is 0 Å². The summed E-state index contributed by atoms with van der Waals surface area (Å²) in [4.78, 5) is 11.9. The molecule has 0 aliphatic carbocycles. The molecule has 4 heteroatoms. The van der Waals surface area contributed by atoms with Crippen molar-refractivity contribution in [3.63, 3.8) is 0 Å². The van der Waals surface area contributed by atoms with Crippen molar-refractivity contribution in [2.24, 2.45) is 0 Å². The molecule has 0 heterocycles. The molecule has 0 bridgehead atoms. The van der Waals surface area contributed by atoms with E-state index in [1.54, 1.807) is 24.3 Å². The van der Waals surface area contributed by atoms with Crippen LogP contribution in [0, 0.1) is 0 Å². The first-order valence-electron chi connectivity index (χ1n) is 6.58. The molecular formula is C16H19N3O. The van der Waals surface area contributed by atoms with E-state index in [2.05, 4.69) is 24.5 Å². The van der Waals surface area contributed by atoms with Gasteiger partial charge in [0.05, 0.1) is 0 Å². The van der Waals surface area contributed by atoms with E-state index in [1.165, 1.54) is 5.56 Å². The van der Waals surface area contributed by atoms with Crippen molar-refractivity contribution in [3.05, 3.63) is 54.1 Å². The average Bonchev–Trinajstić information content (AvgIpc) is 2.38. The highest BCUT2D eigenvalue weighted by molar-refractivity contribution is 6.00. The smallest absolute Gasteiger partial charge is 0.323 e. The number of amides is 2. The lowest BCUT2D eigenvalue weighted by Crippen LogP contribution is -2.19. The van der Waals surface area contributed by atoms with E-state index in [0.29, 0.717) is 17.3 Å². The van der Waals surface area contributed by atoms with Crippen molar-refractivity contribution in [1.82, 2.24) is 0 Å². The zero-order valence-corrected chi connectivity index (χ0v) is 11.7. The summed E-state index contributed by atoms with van der Waals surface area (Å²) in [5.74, 6) is 0.425. The van der Waals surface area contributed by atoms with Crippen molar-refractivity contribution in [2.45, 2.75) is 19.8 Å². The lowest BCUT2D eigenvalue weighted by molar-refractivity contribution is 0.262. The van der Waals surface area contributed by atoms with Crippen LogP contribution in [0.25, 0.3) is 0 Å². The summed E-state index contributed by atoms with van der Waals surface area (Å²) in [6.45, 7) is 4.23. The first kappa shape index (κ1) is 13.9. The standard InChI is InChI=1S/C16H19N3O/c1-11(2)12-5-3-7-14(9-12)18-16(20)19-15-8-4-6-13(17)10-15/h3-11H,17H2,1-2H3,(H2,18,19,20). The molecule has 0 radical (unpaired) electrons. The number of hydrogen-bond donors (Lipinski definition) is 3. The molecule has 0 aromatic heterocycles. The van der Waals surface area contributed by atoms with E-state index < -0.39 is 0 Å². The van der Waals surface area contributed by atoms with Crippen LogP contribution in [0.4, 0.5) is 21.9 Å². The Morgan fingerprint density at radius 1 is 1.00 bits per heavy atom. The maximum atomic E-state index is 11.9. The van der Waals surface area contributed by atoms with Crippen LogP contribution < -0.4 is 16.4 Å². The average molecular weight is 269 g/mol. The van der Waals surface area contributed by atoms with Crippen LogP contribution >= 0.6 is 0 Å². The minimum atomic E-state index is -0.281. The van der Waals surface area contributed by atoms with E-state index in [9.17, 15) is 4.79 Å². The second-order valence-corrected chi connectivity index (χ2v) is 4.98. The summed E-state index contributed by atoms with van der Waals surface area (Å²) in [5, 5.41) is 5.56. The second kappa shape index (κ2) is 6.10. The Kier molecular flexibility index (Phi) is 4.25. The van der Waals surface area contributed by atoms with Gasteiger partial charge in [-0.25, -0.2) is 4.79 Å². The van der Waals surface area contributed by atoms with Gasteiger partial charge >= 0.3 is 6.03 Å². The maximum Gasteiger partial charge on any atom is 0.323 e. The van der Waals surface area contributed by atoms with Crippen molar-refractivity contribution >= 4 is 23.1 Å². The van der Waals surface area contributed by atoms with Crippen LogP contribution in [0.3, 0.4) is 0 Å². The predicted octanol–water partition coefficient (Wildman–Crippen LogP) is 4.04. The van der Waals surface area contributed by atoms with E-state index in [4.69, 9.17) is 5.73 Å². The summed E-state index contributed by atoms with van der Waals surface area (Å²) >= 11 is 0. The first-order chi connectivity index (χ1) is 9.54. The highest BCUT2D eigenvalue weighted by atomic mass is 16.2. The molecule has 0 atom stereocenters. The van der Waals surface area contributed by atoms with Gasteiger partial charge in [0.1, 0.15) is 0 Å². The van der Waals surface area contributed by atoms with Crippen LogP contribution in [-0.4, -0.2) is 6.03 Å². The zero-order valence-electron chi connectivity index (χ0n) is 11.7. The van der Waals surface area contributed by atoms with Gasteiger partial charge in [0, 0.05) is 17.1 Å². The van der Waals surface area contributed by atoms with Gasteiger partial charge in [-0.1, -0.05) is 32.0 Å². The predicted molar refractivity (Wildman–Crippen MR) is 84.0 cm³/mol. The van der Waals surface area contributed by atoms with Crippen LogP contribution in [0.5, 0.6) is 0 Å². The normalized spacial score (nSPS) is 10.3. The number of urea groups is 1. The Labute approximate surface area is 119 Å². The third-order valence-corrected chi connectivity index (χ3v) is 2.96. The third-order valence-electron chi connectivity index (χ3n) is 2.96. The molecule has 0 unspecified atom stereocenters. The van der Waals surface area contributed by atoms with E-state index in [0.717, 1.165) is 5.69 Å². The number of rotatable bonds is 3. The van der Waals surface area contributed by atoms with E-state index >= 15 is 0 Å². The molecule has 2 amide bonds. The third kappa shape index (κ3) is 3.75. The number of hydrogen-bond acceptors (Lipinski definition) is 2. The number of nitrogen functional groups attached to an aromatic ring is 1. The largest absolute Gasteiger partial charge is 0.399 e. The van der Waals surface area contributed by atoms with Gasteiger partial charge in [-0.3, -0.25) is 0 Å². The van der Waals surface area contributed by atoms with E-state index in [1.807, 2.05) is 24.3 Å². The minimum absolute atomic E-state index is 0.281. The number of benzene rings is 2. The molecule has 0 aliphatic rings. The van der Waals surface area contributed by atoms with Crippen molar-refractivity contribution in [3.8, 4) is 0 Å². The van der Waals surface area contributed by atoms with Crippen molar-refractivity contribution in [2.75, 3.05) is 16.4 Å². The molecule has 0 spiro atoms. The lowest BCUT2D eigenvalue weighted by atomic mass is 10.0. The van der Waals surface area contributed by atoms with Gasteiger partial charge in [0.2, 0.25) is 0 Å². The second-order valence-electron chi connectivity index (χ2n) is 4.98. The number of carbonyl (C=O) groups excluding carboxylic acids is 1. The monoisotopic (exact) mass is 269 g/mol. The summed E-state index contributed by atoms with van der Waals surface area (Å²) in [6.07, 6.45) is 0. The summed E-state index contributed by atoms with van der Waals surface area (Å²) in [5.41, 5.74) is 8.92. The zero-order chi connectivity index (χ0) is 14.5. The molecule has 2 aromatic rings. The molecule has 0 saturated carbocycles. The molecule has 104 valence electrons. The molecule has 4 N–H and O–H groups in total. The topological polar surface area (TPSA) is 67.2 Å². The highest BCUT2D eigenvalue weighted by Gasteiger charge is 2.05. The Morgan fingerprint density at radius 3 is 2.20 bits per heavy atom. The van der Waals surface area contributed by atoms with Gasteiger partial charge in [0.15, 0.2) is 0 Å². The molecule has 0 saturated heterocycles. The molecular weight excluding hydrogens is 250 g/mol. The molecule has 0 aliphatic heterocycles. The molecule has 2 aromatic carbocycles. The van der Waals surface area contributed by atoms with Gasteiger partial charge < -0.3 is 16.4 Å². The lowest BCUT2D eigenvalue weighted by Gasteiger charge is -2.10. The Hall–Kier alpha value is -2.49. The Morgan fingerprint density at radius 2 is 1.60 bits per heavy atom. The number of nitrogens with one attached hydrogen (secondary N) is 2. The summed E-state index contributed by atoms with van der Waals surface area (Å²) < 4.78 is 0. The minimum Gasteiger partial charge on any atom is -0.399 e.